The number of hydrogen-bond acceptors (Lipinski definition) is 4. The third kappa shape index (κ3) is 2.48. The van der Waals surface area contributed by atoms with Crippen molar-refractivity contribution in [1.29, 1.82) is 0 Å². The molecule has 0 aromatic rings. The second-order valence-corrected chi connectivity index (χ2v) is 7.16. The molecule has 0 saturated carbocycles. The van der Waals surface area contributed by atoms with Gasteiger partial charge in [0.05, 0.1) is 6.54 Å². The van der Waals surface area contributed by atoms with E-state index >= 15 is 0 Å². The van der Waals surface area contributed by atoms with Gasteiger partial charge in [0.1, 0.15) is 0 Å². The van der Waals surface area contributed by atoms with E-state index in [4.69, 9.17) is 0 Å². The Morgan fingerprint density at radius 2 is 2.12 bits per heavy atom. The van der Waals surface area contributed by atoms with Crippen LogP contribution in [-0.2, 0) is 0 Å². The fourth-order valence-electron chi connectivity index (χ4n) is 3.10. The number of nitrogens with zero attached hydrogens (tertiary/aromatic N) is 2. The Bertz CT molecular complexity index is 308. The highest BCUT2D eigenvalue weighted by Gasteiger charge is 2.35. The van der Waals surface area contributed by atoms with Gasteiger partial charge in [-0.25, -0.2) is 0 Å². The average Bonchev–Trinajstić information content (AvgIpc) is 2.79. The summed E-state index contributed by atoms with van der Waals surface area (Å²) in [5.41, 5.74) is 0. The quantitative estimate of drug-likeness (QED) is 0.813. The first-order valence-corrected chi connectivity index (χ1v) is 7.80. The van der Waals surface area contributed by atoms with Crippen LogP contribution in [0, 0.1) is 11.8 Å². The summed E-state index contributed by atoms with van der Waals surface area (Å²) in [6.45, 7) is 9.46. The van der Waals surface area contributed by atoms with Gasteiger partial charge < -0.3 is 10.2 Å². The van der Waals surface area contributed by atoms with Crippen molar-refractivity contribution in [2.45, 2.75) is 38.0 Å². The third-order valence-corrected chi connectivity index (χ3v) is 5.85. The van der Waals surface area contributed by atoms with Crippen molar-refractivity contribution in [2.75, 3.05) is 26.2 Å². The van der Waals surface area contributed by atoms with E-state index in [2.05, 4.69) is 29.1 Å². The minimum absolute atomic E-state index is 0.662. The maximum Gasteiger partial charge on any atom is 0.157 e. The lowest BCUT2D eigenvalue weighted by molar-refractivity contribution is 0.0816. The zero-order chi connectivity index (χ0) is 11.8. The number of hydrogen-bond donors (Lipinski definition) is 1. The number of piperidine rings is 3. The van der Waals surface area contributed by atoms with Gasteiger partial charge in [-0.3, -0.25) is 4.99 Å². The van der Waals surface area contributed by atoms with E-state index in [1.165, 1.54) is 37.6 Å². The van der Waals surface area contributed by atoms with Crippen molar-refractivity contribution in [3.63, 3.8) is 0 Å². The van der Waals surface area contributed by atoms with Gasteiger partial charge in [0.15, 0.2) is 5.17 Å². The van der Waals surface area contributed by atoms with Gasteiger partial charge in [0, 0.05) is 17.8 Å². The minimum atomic E-state index is 0.662. The third-order valence-electron chi connectivity index (χ3n) is 4.39. The smallest absolute Gasteiger partial charge is 0.157 e. The molecule has 96 valence electrons. The second kappa shape index (κ2) is 4.81. The summed E-state index contributed by atoms with van der Waals surface area (Å²) in [4.78, 5) is 7.26. The molecule has 3 nitrogen and oxygen atoms in total. The monoisotopic (exact) mass is 253 g/mol. The first kappa shape index (κ1) is 11.8. The molecule has 2 bridgehead atoms. The molecular weight excluding hydrogens is 230 g/mol. The van der Waals surface area contributed by atoms with E-state index in [0.29, 0.717) is 11.3 Å². The van der Waals surface area contributed by atoms with E-state index in [9.17, 15) is 0 Å². The molecule has 0 radical (unpaired) electrons. The number of amidine groups is 1. The molecule has 4 aliphatic heterocycles. The number of fused-ring (bicyclic) bond motifs is 3. The van der Waals surface area contributed by atoms with Crippen LogP contribution in [0.1, 0.15) is 26.7 Å². The molecule has 4 aliphatic rings. The Hall–Kier alpha value is -0.220. The van der Waals surface area contributed by atoms with Crippen molar-refractivity contribution in [1.82, 2.24) is 10.2 Å². The lowest BCUT2D eigenvalue weighted by atomic mass is 9.84. The number of aliphatic imine (C=N–C) groups is 1. The number of rotatable bonds is 2. The number of thioether (sulfide) groups is 1. The summed E-state index contributed by atoms with van der Waals surface area (Å²) in [6.07, 6.45) is 2.76. The minimum Gasteiger partial charge on any atom is -0.361 e. The molecule has 0 spiro atoms. The Morgan fingerprint density at radius 1 is 1.35 bits per heavy atom. The first-order chi connectivity index (χ1) is 8.22. The van der Waals surface area contributed by atoms with Crippen LogP contribution in [0.25, 0.3) is 0 Å². The van der Waals surface area contributed by atoms with Crippen LogP contribution in [0.3, 0.4) is 0 Å². The summed E-state index contributed by atoms with van der Waals surface area (Å²) < 4.78 is 0. The first-order valence-electron chi connectivity index (χ1n) is 6.92. The molecule has 4 heterocycles. The highest BCUT2D eigenvalue weighted by Crippen LogP contribution is 2.30. The maximum atomic E-state index is 4.67. The van der Waals surface area contributed by atoms with Crippen LogP contribution >= 0.6 is 11.8 Å². The Kier molecular flexibility index (Phi) is 3.35. The van der Waals surface area contributed by atoms with Gasteiger partial charge in [-0.2, -0.15) is 0 Å². The molecule has 2 atom stereocenters. The normalized spacial score (nSPS) is 40.8. The zero-order valence-electron chi connectivity index (χ0n) is 10.9. The molecular formula is C13H23N3S. The molecule has 4 heteroatoms. The van der Waals surface area contributed by atoms with Gasteiger partial charge >= 0.3 is 0 Å². The molecule has 17 heavy (non-hydrogen) atoms. The zero-order valence-corrected chi connectivity index (χ0v) is 11.7. The van der Waals surface area contributed by atoms with Gasteiger partial charge in [0.2, 0.25) is 0 Å². The van der Waals surface area contributed by atoms with Crippen LogP contribution in [0.15, 0.2) is 4.99 Å². The molecule has 0 aliphatic carbocycles. The van der Waals surface area contributed by atoms with Gasteiger partial charge in [0.25, 0.3) is 0 Å². The lowest BCUT2D eigenvalue weighted by Gasteiger charge is -2.45. The maximum absolute atomic E-state index is 4.67. The summed E-state index contributed by atoms with van der Waals surface area (Å²) in [5, 5.41) is 5.61. The second-order valence-electron chi connectivity index (χ2n) is 5.94. The molecule has 3 fully saturated rings. The average molecular weight is 253 g/mol. The van der Waals surface area contributed by atoms with E-state index in [1.807, 2.05) is 11.8 Å². The standard InChI is InChI=1S/C13H23N3S/c1-9(2)12-7-14-13(17-12)15-11-8-16-5-3-10(11)4-6-16/h9-12H,3-8H2,1-2H3,(H,14,15). The largest absolute Gasteiger partial charge is 0.361 e. The molecule has 0 aromatic heterocycles. The molecule has 0 aromatic carbocycles. The molecule has 3 saturated heterocycles. The van der Waals surface area contributed by atoms with Crippen LogP contribution in [0.4, 0.5) is 0 Å². The lowest BCUT2D eigenvalue weighted by Crippen LogP contribution is -2.56. The van der Waals surface area contributed by atoms with Crippen LogP contribution < -0.4 is 5.32 Å². The fraction of sp³-hybridized carbons (Fsp3) is 0.923. The molecule has 1 N–H and O–H groups in total. The van der Waals surface area contributed by atoms with Crippen molar-refractivity contribution in [3.05, 3.63) is 0 Å². The predicted molar refractivity (Wildman–Crippen MR) is 74.6 cm³/mol. The van der Waals surface area contributed by atoms with Crippen molar-refractivity contribution < 1.29 is 0 Å². The highest BCUT2D eigenvalue weighted by atomic mass is 32.2. The Morgan fingerprint density at radius 3 is 2.65 bits per heavy atom. The number of nitrogens with one attached hydrogen (secondary N) is 1. The van der Waals surface area contributed by atoms with Crippen LogP contribution in [-0.4, -0.2) is 47.5 Å². The SMILES string of the molecule is CC(C)C1CN=C(NC2CN3CCC2CC3)S1. The Labute approximate surface area is 108 Å². The Balaban J connectivity index is 1.54. The fourth-order valence-corrected chi connectivity index (χ4v) is 4.18. The van der Waals surface area contributed by atoms with Gasteiger partial charge in [-0.05, 0) is 37.8 Å². The molecule has 2 unspecified atom stereocenters. The summed E-state index contributed by atoms with van der Waals surface area (Å²) in [6, 6.07) is 0.662. The van der Waals surface area contributed by atoms with Crippen LogP contribution in [0.2, 0.25) is 0 Å². The van der Waals surface area contributed by atoms with Crippen molar-refractivity contribution in [2.24, 2.45) is 16.8 Å². The molecule has 0 amide bonds. The summed E-state index contributed by atoms with van der Waals surface area (Å²) in [5.74, 6) is 1.62. The van der Waals surface area contributed by atoms with E-state index < -0.39 is 0 Å². The summed E-state index contributed by atoms with van der Waals surface area (Å²) >= 11 is 1.96. The van der Waals surface area contributed by atoms with Crippen molar-refractivity contribution >= 4 is 16.9 Å². The topological polar surface area (TPSA) is 27.6 Å². The van der Waals surface area contributed by atoms with Crippen LogP contribution in [0.5, 0.6) is 0 Å². The highest BCUT2D eigenvalue weighted by molar-refractivity contribution is 8.14. The van der Waals surface area contributed by atoms with E-state index in [-0.39, 0.29) is 0 Å². The van der Waals surface area contributed by atoms with E-state index in [0.717, 1.165) is 18.4 Å². The molecule has 4 rings (SSSR count). The predicted octanol–water partition coefficient (Wildman–Crippen LogP) is 1.80. The van der Waals surface area contributed by atoms with E-state index in [1.54, 1.807) is 0 Å². The summed E-state index contributed by atoms with van der Waals surface area (Å²) in [7, 11) is 0. The van der Waals surface area contributed by atoms with Gasteiger partial charge in [-0.1, -0.05) is 25.6 Å². The van der Waals surface area contributed by atoms with Crippen molar-refractivity contribution in [3.8, 4) is 0 Å². The van der Waals surface area contributed by atoms with Gasteiger partial charge in [-0.15, -0.1) is 0 Å².